The Hall–Kier alpha value is -3.47. The first-order chi connectivity index (χ1) is 15.5. The van der Waals surface area contributed by atoms with Gasteiger partial charge >= 0.3 is 0 Å². The number of nitrogens with one attached hydrogen (secondary N) is 1. The highest BCUT2D eigenvalue weighted by atomic mass is 16.5. The molecule has 2 heterocycles. The van der Waals surface area contributed by atoms with Crippen molar-refractivity contribution in [1.82, 2.24) is 10.3 Å². The summed E-state index contributed by atoms with van der Waals surface area (Å²) < 4.78 is 5.90. The molecule has 1 fully saturated rings. The second kappa shape index (κ2) is 9.77. The number of nitriles is 1. The minimum absolute atomic E-state index is 0.156. The fourth-order valence-corrected chi connectivity index (χ4v) is 4.11. The van der Waals surface area contributed by atoms with Gasteiger partial charge in [-0.05, 0) is 36.8 Å². The summed E-state index contributed by atoms with van der Waals surface area (Å²) in [6.45, 7) is 3.09. The second-order valence-electron chi connectivity index (χ2n) is 8.07. The summed E-state index contributed by atoms with van der Waals surface area (Å²) in [6.07, 6.45) is 0.652. The summed E-state index contributed by atoms with van der Waals surface area (Å²) in [6, 6.07) is 19.3. The highest BCUT2D eigenvalue weighted by molar-refractivity contribution is 5.95. The van der Waals surface area contributed by atoms with Gasteiger partial charge in [-0.15, -0.1) is 0 Å². The third-order valence-electron chi connectivity index (χ3n) is 5.59. The number of rotatable bonds is 6. The molecular formula is C25H26N4O3. The molecule has 0 bridgehead atoms. The van der Waals surface area contributed by atoms with Crippen molar-refractivity contribution in [2.75, 3.05) is 24.5 Å². The van der Waals surface area contributed by atoms with Crippen LogP contribution >= 0.6 is 0 Å². The van der Waals surface area contributed by atoms with Crippen LogP contribution in [0.1, 0.15) is 18.1 Å². The first-order valence-corrected chi connectivity index (χ1v) is 10.7. The molecule has 0 aliphatic carbocycles. The van der Waals surface area contributed by atoms with Crippen LogP contribution in [0.4, 0.5) is 5.69 Å². The lowest BCUT2D eigenvalue weighted by Crippen LogP contribution is -2.53. The van der Waals surface area contributed by atoms with Crippen molar-refractivity contribution in [3.05, 3.63) is 71.9 Å². The first kappa shape index (κ1) is 21.8. The van der Waals surface area contributed by atoms with Crippen molar-refractivity contribution >= 4 is 22.5 Å². The van der Waals surface area contributed by atoms with Gasteiger partial charge in [0.25, 0.3) is 5.91 Å². The molecule has 7 heteroatoms. The van der Waals surface area contributed by atoms with Crippen molar-refractivity contribution in [3.8, 4) is 6.07 Å². The van der Waals surface area contributed by atoms with Crippen LogP contribution in [0.25, 0.3) is 10.9 Å². The minimum Gasteiger partial charge on any atom is -0.391 e. The fraction of sp³-hybridized carbons (Fsp3) is 0.320. The number of pyridine rings is 1. The van der Waals surface area contributed by atoms with Gasteiger partial charge in [0.2, 0.25) is 0 Å². The van der Waals surface area contributed by atoms with E-state index >= 15 is 0 Å². The van der Waals surface area contributed by atoms with Crippen molar-refractivity contribution in [3.63, 3.8) is 0 Å². The largest absolute Gasteiger partial charge is 0.391 e. The molecular weight excluding hydrogens is 404 g/mol. The zero-order valence-electron chi connectivity index (χ0n) is 17.9. The zero-order chi connectivity index (χ0) is 22.5. The summed E-state index contributed by atoms with van der Waals surface area (Å²) >= 11 is 0. The van der Waals surface area contributed by atoms with Gasteiger partial charge in [-0.1, -0.05) is 30.3 Å². The Bertz CT molecular complexity index is 1130. The topological polar surface area (TPSA) is 98.5 Å². The van der Waals surface area contributed by atoms with E-state index in [1.54, 1.807) is 12.3 Å². The number of amides is 1. The Labute approximate surface area is 187 Å². The average Bonchev–Trinajstić information content (AvgIpc) is 2.82. The van der Waals surface area contributed by atoms with Gasteiger partial charge < -0.3 is 20.1 Å². The maximum absolute atomic E-state index is 12.8. The van der Waals surface area contributed by atoms with Crippen LogP contribution < -0.4 is 10.2 Å². The average molecular weight is 431 g/mol. The molecule has 7 nitrogen and oxygen atoms in total. The smallest absolute Gasteiger partial charge is 0.251 e. The van der Waals surface area contributed by atoms with E-state index in [4.69, 9.17) is 4.74 Å². The number of ether oxygens (including phenoxy) is 1. The van der Waals surface area contributed by atoms with Crippen LogP contribution in [0.15, 0.2) is 60.8 Å². The van der Waals surface area contributed by atoms with Gasteiger partial charge in [0, 0.05) is 36.8 Å². The van der Waals surface area contributed by atoms with Crippen molar-refractivity contribution in [1.29, 1.82) is 5.26 Å². The van der Waals surface area contributed by atoms with E-state index in [0.717, 1.165) is 16.6 Å². The minimum atomic E-state index is -0.674. The van der Waals surface area contributed by atoms with E-state index in [-0.39, 0.29) is 18.6 Å². The van der Waals surface area contributed by atoms with Crippen molar-refractivity contribution < 1.29 is 14.6 Å². The number of hydrogen-bond acceptors (Lipinski definition) is 6. The third-order valence-corrected chi connectivity index (χ3v) is 5.59. The summed E-state index contributed by atoms with van der Waals surface area (Å²) in [5.74, 6) is -0.246. The molecule has 2 aromatic carbocycles. The highest BCUT2D eigenvalue weighted by Gasteiger charge is 2.31. The van der Waals surface area contributed by atoms with Gasteiger partial charge in [0.15, 0.2) is 6.10 Å². The monoisotopic (exact) mass is 430 g/mol. The van der Waals surface area contributed by atoms with E-state index in [1.807, 2.05) is 55.5 Å². The first-order valence-electron chi connectivity index (χ1n) is 10.7. The quantitative estimate of drug-likeness (QED) is 0.623. The molecule has 32 heavy (non-hydrogen) atoms. The Morgan fingerprint density at radius 2 is 2.06 bits per heavy atom. The molecule has 0 saturated carbocycles. The summed E-state index contributed by atoms with van der Waals surface area (Å²) in [5, 5.41) is 23.4. The van der Waals surface area contributed by atoms with E-state index in [1.165, 1.54) is 0 Å². The predicted molar refractivity (Wildman–Crippen MR) is 122 cm³/mol. The normalized spacial score (nSPS) is 19.3. The molecule has 3 atom stereocenters. The molecule has 0 spiro atoms. The molecule has 1 unspecified atom stereocenters. The van der Waals surface area contributed by atoms with Crippen LogP contribution in [-0.2, 0) is 16.0 Å². The van der Waals surface area contributed by atoms with E-state index in [0.29, 0.717) is 30.6 Å². The maximum atomic E-state index is 12.8. The molecule has 3 aromatic rings. The van der Waals surface area contributed by atoms with Crippen molar-refractivity contribution in [2.45, 2.75) is 31.7 Å². The molecule has 164 valence electrons. The summed E-state index contributed by atoms with van der Waals surface area (Å²) in [7, 11) is 0. The van der Waals surface area contributed by atoms with Crippen LogP contribution in [-0.4, -0.2) is 53.9 Å². The number of aliphatic hydroxyl groups excluding tert-OH is 1. The number of benzene rings is 2. The second-order valence-corrected chi connectivity index (χ2v) is 8.07. The number of carbonyl (C=O) groups is 1. The van der Waals surface area contributed by atoms with Gasteiger partial charge in [0.1, 0.15) is 6.07 Å². The molecule has 2 N–H and O–H groups in total. The zero-order valence-corrected chi connectivity index (χ0v) is 17.9. The predicted octanol–water partition coefficient (Wildman–Crippen LogP) is 2.42. The van der Waals surface area contributed by atoms with Gasteiger partial charge in [-0.2, -0.15) is 5.26 Å². The van der Waals surface area contributed by atoms with Gasteiger partial charge in [-0.3, -0.25) is 9.78 Å². The van der Waals surface area contributed by atoms with E-state index in [2.05, 4.69) is 21.3 Å². The summed E-state index contributed by atoms with van der Waals surface area (Å²) in [5.41, 5.74) is 3.11. The Kier molecular flexibility index (Phi) is 6.64. The number of carbonyl (C=O) groups excluding carboxylic acids is 1. The SMILES string of the molecule is C[C@@H]1CN(c2ccc(C#N)c3ncccc23)C[C@H](C(=O)NCC(O)Cc2ccccc2)O1. The van der Waals surface area contributed by atoms with Crippen molar-refractivity contribution in [2.24, 2.45) is 0 Å². The number of aliphatic hydroxyl groups is 1. The van der Waals surface area contributed by atoms with E-state index < -0.39 is 12.2 Å². The van der Waals surface area contributed by atoms with Crippen LogP contribution in [0.2, 0.25) is 0 Å². The number of hydrogen-bond donors (Lipinski definition) is 2. The fourth-order valence-electron chi connectivity index (χ4n) is 4.11. The standard InChI is InChI=1S/C25H26N4O3/c1-17-15-29(22-10-9-19(13-26)24-21(22)8-5-11-27-24)16-23(32-17)25(31)28-14-20(30)12-18-6-3-2-4-7-18/h2-11,17,20,23,30H,12,14-16H2,1H3,(H,28,31)/t17-,20?,23-/m1/s1. The number of morpholine rings is 1. The number of fused-ring (bicyclic) bond motifs is 1. The Balaban J connectivity index is 1.44. The highest BCUT2D eigenvalue weighted by Crippen LogP contribution is 2.30. The molecule has 1 aliphatic rings. The van der Waals surface area contributed by atoms with E-state index in [9.17, 15) is 15.2 Å². The van der Waals surface area contributed by atoms with Crippen LogP contribution in [0.3, 0.4) is 0 Å². The third kappa shape index (κ3) is 4.88. The molecule has 4 rings (SSSR count). The lowest BCUT2D eigenvalue weighted by molar-refractivity contribution is -0.137. The van der Waals surface area contributed by atoms with Crippen LogP contribution in [0.5, 0.6) is 0 Å². The molecule has 1 aromatic heterocycles. The maximum Gasteiger partial charge on any atom is 0.251 e. The number of aromatic nitrogens is 1. The Morgan fingerprint density at radius 1 is 1.25 bits per heavy atom. The Morgan fingerprint density at radius 3 is 2.84 bits per heavy atom. The molecule has 1 aliphatic heterocycles. The lowest BCUT2D eigenvalue weighted by Gasteiger charge is -2.38. The van der Waals surface area contributed by atoms with Gasteiger partial charge in [0.05, 0.1) is 29.8 Å². The molecule has 1 amide bonds. The number of anilines is 1. The number of nitrogens with zero attached hydrogens (tertiary/aromatic N) is 3. The summed E-state index contributed by atoms with van der Waals surface area (Å²) in [4.78, 5) is 19.3. The van der Waals surface area contributed by atoms with Crippen LogP contribution in [0, 0.1) is 11.3 Å². The molecule has 0 radical (unpaired) electrons. The molecule has 1 saturated heterocycles. The van der Waals surface area contributed by atoms with Gasteiger partial charge in [-0.25, -0.2) is 0 Å². The lowest BCUT2D eigenvalue weighted by atomic mass is 10.1.